The second-order valence-electron chi connectivity index (χ2n) is 5.66. The fraction of sp³-hybridized carbons (Fsp3) is 0.500. The summed E-state index contributed by atoms with van der Waals surface area (Å²) < 4.78 is 0. The van der Waals surface area contributed by atoms with Crippen LogP contribution in [0.5, 0.6) is 0 Å². The number of hydrogen-bond acceptors (Lipinski definition) is 2. The Labute approximate surface area is 110 Å². The van der Waals surface area contributed by atoms with Gasteiger partial charge in [-0.1, -0.05) is 37.3 Å². The van der Waals surface area contributed by atoms with E-state index < -0.39 is 0 Å². The van der Waals surface area contributed by atoms with Crippen molar-refractivity contribution < 1.29 is 0 Å². The molecule has 0 unspecified atom stereocenters. The molecule has 1 aromatic rings. The minimum absolute atomic E-state index is 0.0615. The molecular formula is C16H24N2. The van der Waals surface area contributed by atoms with Gasteiger partial charge in [0.05, 0.1) is 0 Å². The molecule has 0 aromatic heterocycles. The zero-order valence-electron chi connectivity index (χ0n) is 11.8. The van der Waals surface area contributed by atoms with Crippen LogP contribution >= 0.6 is 0 Å². The molecule has 1 heterocycles. The van der Waals surface area contributed by atoms with Crippen LogP contribution in [-0.2, 0) is 0 Å². The second-order valence-corrected chi connectivity index (χ2v) is 5.66. The third-order valence-corrected chi connectivity index (χ3v) is 3.59. The van der Waals surface area contributed by atoms with Gasteiger partial charge in [0.2, 0.25) is 0 Å². The number of fused-ring (bicyclic) bond motifs is 1. The van der Waals surface area contributed by atoms with E-state index in [0.717, 1.165) is 6.54 Å². The number of anilines is 1. The summed E-state index contributed by atoms with van der Waals surface area (Å²) in [6, 6.07) is 9.06. The molecule has 2 rings (SSSR count). The number of likely N-dealkylation sites (N-methyl/N-ethyl adjacent to an activating group) is 1. The van der Waals surface area contributed by atoms with Gasteiger partial charge in [0, 0.05) is 23.2 Å². The first-order valence-electron chi connectivity index (χ1n) is 6.83. The van der Waals surface area contributed by atoms with Crippen molar-refractivity contribution in [2.24, 2.45) is 0 Å². The third-order valence-electron chi connectivity index (χ3n) is 3.59. The van der Waals surface area contributed by atoms with Gasteiger partial charge in [-0.05, 0) is 38.9 Å². The predicted octanol–water partition coefficient (Wildman–Crippen LogP) is 3.53. The van der Waals surface area contributed by atoms with E-state index in [1.165, 1.54) is 11.3 Å². The maximum atomic E-state index is 3.54. The maximum absolute atomic E-state index is 3.54. The Hall–Kier alpha value is -1.28. The standard InChI is InChI=1S/C16H24N2/c1-5-17-16(3,4)11-10-13-12(2)18-15-9-7-6-8-14(13)15/h6-13,17-18H,5H2,1-4H3/b11-10+/t12-,13+/m0/s1. The largest absolute Gasteiger partial charge is 0.381 e. The van der Waals surface area contributed by atoms with Crippen LogP contribution in [0.15, 0.2) is 36.4 Å². The van der Waals surface area contributed by atoms with Crippen LogP contribution in [-0.4, -0.2) is 18.1 Å². The summed E-state index contributed by atoms with van der Waals surface area (Å²) in [5.41, 5.74) is 2.75. The highest BCUT2D eigenvalue weighted by Crippen LogP contribution is 2.36. The molecule has 2 atom stereocenters. The average Bonchev–Trinajstić information content (AvgIpc) is 2.62. The summed E-state index contributed by atoms with van der Waals surface area (Å²) in [5.74, 6) is 0.471. The molecule has 98 valence electrons. The van der Waals surface area contributed by atoms with Crippen molar-refractivity contribution in [1.82, 2.24) is 5.32 Å². The first-order valence-corrected chi connectivity index (χ1v) is 6.83. The summed E-state index contributed by atoms with van der Waals surface area (Å²) in [4.78, 5) is 0. The molecule has 0 spiro atoms. The quantitative estimate of drug-likeness (QED) is 0.792. The van der Waals surface area contributed by atoms with Gasteiger partial charge < -0.3 is 10.6 Å². The smallest absolute Gasteiger partial charge is 0.0381 e. The van der Waals surface area contributed by atoms with Gasteiger partial charge >= 0.3 is 0 Å². The highest BCUT2D eigenvalue weighted by Gasteiger charge is 2.26. The topological polar surface area (TPSA) is 24.1 Å². The van der Waals surface area contributed by atoms with Gasteiger partial charge in [-0.15, -0.1) is 0 Å². The molecule has 1 aliphatic rings. The van der Waals surface area contributed by atoms with Gasteiger partial charge in [0.25, 0.3) is 0 Å². The summed E-state index contributed by atoms with van der Waals surface area (Å²) >= 11 is 0. The fourth-order valence-electron chi connectivity index (χ4n) is 2.65. The van der Waals surface area contributed by atoms with Gasteiger partial charge in [0.1, 0.15) is 0 Å². The number of para-hydroxylation sites is 1. The van der Waals surface area contributed by atoms with Crippen LogP contribution in [0, 0.1) is 0 Å². The van der Waals surface area contributed by atoms with Crippen LogP contribution in [0.4, 0.5) is 5.69 Å². The molecule has 0 fully saturated rings. The van der Waals surface area contributed by atoms with E-state index in [1.54, 1.807) is 0 Å². The zero-order valence-corrected chi connectivity index (χ0v) is 11.8. The lowest BCUT2D eigenvalue weighted by atomic mass is 9.93. The monoisotopic (exact) mass is 244 g/mol. The van der Waals surface area contributed by atoms with Crippen LogP contribution in [0.25, 0.3) is 0 Å². The van der Waals surface area contributed by atoms with E-state index in [0.29, 0.717) is 12.0 Å². The van der Waals surface area contributed by atoms with Gasteiger partial charge in [-0.25, -0.2) is 0 Å². The number of benzene rings is 1. The molecule has 0 radical (unpaired) electrons. The van der Waals surface area contributed by atoms with Crippen molar-refractivity contribution >= 4 is 5.69 Å². The third kappa shape index (κ3) is 2.75. The van der Waals surface area contributed by atoms with Crippen molar-refractivity contribution in [3.8, 4) is 0 Å². The first kappa shape index (κ1) is 13.2. The maximum Gasteiger partial charge on any atom is 0.0381 e. The number of hydrogen-bond donors (Lipinski definition) is 2. The minimum Gasteiger partial charge on any atom is -0.381 e. The summed E-state index contributed by atoms with van der Waals surface area (Å²) in [6.45, 7) is 9.81. The Bertz CT molecular complexity index is 434. The summed E-state index contributed by atoms with van der Waals surface area (Å²) in [5, 5.41) is 7.02. The van der Waals surface area contributed by atoms with Crippen molar-refractivity contribution in [3.63, 3.8) is 0 Å². The van der Waals surface area contributed by atoms with Gasteiger partial charge in [-0.2, -0.15) is 0 Å². The summed E-state index contributed by atoms with van der Waals surface area (Å²) in [7, 11) is 0. The van der Waals surface area contributed by atoms with Crippen LogP contribution < -0.4 is 10.6 Å². The Morgan fingerprint density at radius 1 is 1.33 bits per heavy atom. The molecule has 0 bridgehead atoms. The molecular weight excluding hydrogens is 220 g/mol. The Kier molecular flexibility index (Phi) is 3.76. The fourth-order valence-corrected chi connectivity index (χ4v) is 2.65. The normalized spacial score (nSPS) is 23.1. The van der Waals surface area contributed by atoms with E-state index in [4.69, 9.17) is 0 Å². The van der Waals surface area contributed by atoms with E-state index in [9.17, 15) is 0 Å². The van der Waals surface area contributed by atoms with E-state index >= 15 is 0 Å². The lowest BCUT2D eigenvalue weighted by Gasteiger charge is -2.22. The molecule has 1 aliphatic heterocycles. The van der Waals surface area contributed by atoms with Crippen LogP contribution in [0.1, 0.15) is 39.2 Å². The molecule has 0 saturated carbocycles. The van der Waals surface area contributed by atoms with Crippen LogP contribution in [0.2, 0.25) is 0 Å². The SMILES string of the molecule is CCNC(C)(C)/C=C/[C@H]1c2ccccc2N[C@H]1C. The van der Waals surface area contributed by atoms with Crippen molar-refractivity contribution in [2.45, 2.75) is 45.2 Å². The predicted molar refractivity (Wildman–Crippen MR) is 79.2 cm³/mol. The van der Waals surface area contributed by atoms with Crippen molar-refractivity contribution in [3.05, 3.63) is 42.0 Å². The van der Waals surface area contributed by atoms with Crippen molar-refractivity contribution in [1.29, 1.82) is 0 Å². The first-order chi connectivity index (χ1) is 8.53. The molecule has 2 heteroatoms. The summed E-state index contributed by atoms with van der Waals surface area (Å²) in [6.07, 6.45) is 4.63. The molecule has 0 saturated heterocycles. The lowest BCUT2D eigenvalue weighted by Crippen LogP contribution is -2.37. The molecule has 18 heavy (non-hydrogen) atoms. The highest BCUT2D eigenvalue weighted by molar-refractivity contribution is 5.60. The van der Waals surface area contributed by atoms with E-state index in [1.807, 2.05) is 0 Å². The Morgan fingerprint density at radius 3 is 2.78 bits per heavy atom. The second kappa shape index (κ2) is 5.15. The molecule has 0 aliphatic carbocycles. The van der Waals surface area contributed by atoms with Crippen molar-refractivity contribution in [2.75, 3.05) is 11.9 Å². The molecule has 2 nitrogen and oxygen atoms in total. The highest BCUT2D eigenvalue weighted by atomic mass is 15.0. The van der Waals surface area contributed by atoms with E-state index in [-0.39, 0.29) is 5.54 Å². The Morgan fingerprint density at radius 2 is 2.06 bits per heavy atom. The van der Waals surface area contributed by atoms with E-state index in [2.05, 4.69) is 74.7 Å². The molecule has 2 N–H and O–H groups in total. The zero-order chi connectivity index (χ0) is 13.2. The van der Waals surface area contributed by atoms with Gasteiger partial charge in [0.15, 0.2) is 0 Å². The van der Waals surface area contributed by atoms with Crippen LogP contribution in [0.3, 0.4) is 0 Å². The lowest BCUT2D eigenvalue weighted by molar-refractivity contribution is 0.488. The minimum atomic E-state index is 0.0615. The molecule has 1 aromatic carbocycles. The number of nitrogens with one attached hydrogen (secondary N) is 2. The Balaban J connectivity index is 2.17. The molecule has 0 amide bonds. The number of rotatable bonds is 4. The van der Waals surface area contributed by atoms with Gasteiger partial charge in [-0.3, -0.25) is 0 Å². The average molecular weight is 244 g/mol.